The lowest BCUT2D eigenvalue weighted by Crippen LogP contribution is -1.67. The van der Waals surface area contributed by atoms with Gasteiger partial charge in [0.15, 0.2) is 0 Å². The molecule has 0 atom stereocenters. The minimum absolute atomic E-state index is 0.870. The van der Waals surface area contributed by atoms with Crippen LogP contribution in [0.1, 0.15) is 22.8 Å². The van der Waals surface area contributed by atoms with Gasteiger partial charge in [0.1, 0.15) is 11.5 Å². The van der Waals surface area contributed by atoms with Gasteiger partial charge >= 0.3 is 0 Å². The van der Waals surface area contributed by atoms with Gasteiger partial charge in [-0.25, -0.2) is 4.98 Å². The number of nitrogens with zero attached hydrogens (tertiary/aromatic N) is 1. The Morgan fingerprint density at radius 2 is 2.21 bits per heavy atom. The molecule has 3 nitrogen and oxygen atoms in total. The average Bonchev–Trinajstić information content (AvgIpc) is 2.74. The average molecular weight is 188 g/mol. The Balaban J connectivity index is 2.18. The number of hydrogen-bond donors (Lipinski definition) is 1. The molecule has 0 saturated carbocycles. The SMILES string of the molecule is Cc1cc(/C=C/c2cnc[nH]2)oc1C. The number of aryl methyl sites for hydroxylation is 2. The molecule has 1 N–H and O–H groups in total. The van der Waals surface area contributed by atoms with E-state index in [0.29, 0.717) is 0 Å². The van der Waals surface area contributed by atoms with Gasteiger partial charge in [-0.15, -0.1) is 0 Å². The van der Waals surface area contributed by atoms with Crippen LogP contribution in [0.4, 0.5) is 0 Å². The molecule has 0 amide bonds. The van der Waals surface area contributed by atoms with Crippen molar-refractivity contribution < 1.29 is 4.42 Å². The van der Waals surface area contributed by atoms with Crippen molar-refractivity contribution in [3.8, 4) is 0 Å². The summed E-state index contributed by atoms with van der Waals surface area (Å²) in [6.07, 6.45) is 7.27. The van der Waals surface area contributed by atoms with Crippen molar-refractivity contribution in [2.45, 2.75) is 13.8 Å². The summed E-state index contributed by atoms with van der Waals surface area (Å²) < 4.78 is 5.49. The van der Waals surface area contributed by atoms with Crippen molar-refractivity contribution >= 4 is 12.2 Å². The molecule has 0 saturated heterocycles. The molecule has 0 aliphatic heterocycles. The van der Waals surface area contributed by atoms with Gasteiger partial charge in [-0.1, -0.05) is 0 Å². The van der Waals surface area contributed by atoms with E-state index in [1.807, 2.05) is 32.1 Å². The lowest BCUT2D eigenvalue weighted by Gasteiger charge is -1.84. The number of rotatable bonds is 2. The van der Waals surface area contributed by atoms with Crippen molar-refractivity contribution in [2.75, 3.05) is 0 Å². The normalized spacial score (nSPS) is 11.3. The van der Waals surface area contributed by atoms with Crippen molar-refractivity contribution in [1.29, 1.82) is 0 Å². The molecule has 0 fully saturated rings. The Morgan fingerprint density at radius 1 is 1.36 bits per heavy atom. The number of aromatic nitrogens is 2. The van der Waals surface area contributed by atoms with Crippen LogP contribution in [0.5, 0.6) is 0 Å². The second-order valence-corrected chi connectivity index (χ2v) is 3.23. The molecular weight excluding hydrogens is 176 g/mol. The predicted octanol–water partition coefficient (Wildman–Crippen LogP) is 2.79. The largest absolute Gasteiger partial charge is 0.462 e. The maximum absolute atomic E-state index is 5.49. The van der Waals surface area contributed by atoms with E-state index in [1.54, 1.807) is 12.5 Å². The van der Waals surface area contributed by atoms with Gasteiger partial charge in [0.25, 0.3) is 0 Å². The Hall–Kier alpha value is -1.77. The highest BCUT2D eigenvalue weighted by Gasteiger charge is 1.99. The number of furan rings is 1. The van der Waals surface area contributed by atoms with E-state index >= 15 is 0 Å². The monoisotopic (exact) mass is 188 g/mol. The number of imidazole rings is 1. The third-order valence-electron chi connectivity index (χ3n) is 2.13. The smallest absolute Gasteiger partial charge is 0.127 e. The first kappa shape index (κ1) is 8.81. The van der Waals surface area contributed by atoms with E-state index in [0.717, 1.165) is 17.2 Å². The van der Waals surface area contributed by atoms with E-state index in [9.17, 15) is 0 Å². The van der Waals surface area contributed by atoms with Gasteiger partial charge in [0.05, 0.1) is 18.2 Å². The van der Waals surface area contributed by atoms with E-state index in [-0.39, 0.29) is 0 Å². The van der Waals surface area contributed by atoms with Crippen molar-refractivity contribution in [2.24, 2.45) is 0 Å². The number of nitrogens with one attached hydrogen (secondary N) is 1. The highest BCUT2D eigenvalue weighted by molar-refractivity contribution is 5.65. The van der Waals surface area contributed by atoms with Crippen LogP contribution in [-0.4, -0.2) is 9.97 Å². The zero-order chi connectivity index (χ0) is 9.97. The molecular formula is C11H12N2O. The molecule has 2 aromatic rings. The van der Waals surface area contributed by atoms with Gasteiger partial charge in [0, 0.05) is 0 Å². The zero-order valence-corrected chi connectivity index (χ0v) is 8.24. The molecule has 0 aliphatic rings. The predicted molar refractivity (Wildman–Crippen MR) is 55.7 cm³/mol. The fraction of sp³-hybridized carbons (Fsp3) is 0.182. The molecule has 0 radical (unpaired) electrons. The van der Waals surface area contributed by atoms with E-state index in [4.69, 9.17) is 4.42 Å². The second-order valence-electron chi connectivity index (χ2n) is 3.23. The lowest BCUT2D eigenvalue weighted by molar-refractivity contribution is 0.523. The van der Waals surface area contributed by atoms with Crippen LogP contribution in [0.25, 0.3) is 12.2 Å². The van der Waals surface area contributed by atoms with Crippen LogP contribution in [0.2, 0.25) is 0 Å². The van der Waals surface area contributed by atoms with E-state index in [2.05, 4.69) is 9.97 Å². The summed E-state index contributed by atoms with van der Waals surface area (Å²) in [6.45, 7) is 4.00. The van der Waals surface area contributed by atoms with E-state index < -0.39 is 0 Å². The van der Waals surface area contributed by atoms with E-state index in [1.165, 1.54) is 5.56 Å². The zero-order valence-electron chi connectivity index (χ0n) is 8.24. The molecule has 3 heteroatoms. The van der Waals surface area contributed by atoms with Gasteiger partial charge in [-0.3, -0.25) is 0 Å². The molecule has 0 aliphatic carbocycles. The Morgan fingerprint density at radius 3 is 2.79 bits per heavy atom. The van der Waals surface area contributed by atoms with Crippen molar-refractivity contribution in [3.63, 3.8) is 0 Å². The second kappa shape index (κ2) is 3.54. The molecule has 0 spiro atoms. The molecule has 2 heterocycles. The Bertz CT molecular complexity index is 418. The summed E-state index contributed by atoms with van der Waals surface area (Å²) >= 11 is 0. The number of H-pyrrole nitrogens is 1. The quantitative estimate of drug-likeness (QED) is 0.787. The molecule has 72 valence electrons. The van der Waals surface area contributed by atoms with Crippen LogP contribution in [0, 0.1) is 13.8 Å². The minimum atomic E-state index is 0.870. The molecule has 0 aromatic carbocycles. The molecule has 0 bridgehead atoms. The van der Waals surface area contributed by atoms with Gasteiger partial charge in [0.2, 0.25) is 0 Å². The molecule has 2 aromatic heterocycles. The molecule has 0 unspecified atom stereocenters. The first-order chi connectivity index (χ1) is 6.75. The summed E-state index contributed by atoms with van der Waals surface area (Å²) in [4.78, 5) is 6.91. The third kappa shape index (κ3) is 1.76. The van der Waals surface area contributed by atoms with Gasteiger partial charge < -0.3 is 9.40 Å². The maximum atomic E-state index is 5.49. The first-order valence-corrected chi connectivity index (χ1v) is 4.49. The standard InChI is InChI=1S/C11H12N2O/c1-8-5-11(14-9(8)2)4-3-10-6-12-7-13-10/h3-7H,1-2H3,(H,12,13)/b4-3+. The molecule has 14 heavy (non-hydrogen) atoms. The summed E-state index contributed by atoms with van der Waals surface area (Å²) in [5.74, 6) is 1.84. The lowest BCUT2D eigenvalue weighted by atomic mass is 10.2. The summed E-state index contributed by atoms with van der Waals surface area (Å²) in [5, 5.41) is 0. The number of hydrogen-bond acceptors (Lipinski definition) is 2. The number of aromatic amines is 1. The van der Waals surface area contributed by atoms with Crippen molar-refractivity contribution in [3.05, 3.63) is 41.4 Å². The topological polar surface area (TPSA) is 41.8 Å². The van der Waals surface area contributed by atoms with Gasteiger partial charge in [-0.2, -0.15) is 0 Å². The van der Waals surface area contributed by atoms with Crippen LogP contribution in [-0.2, 0) is 0 Å². The Labute approximate surface area is 82.5 Å². The highest BCUT2D eigenvalue weighted by Crippen LogP contribution is 2.15. The fourth-order valence-corrected chi connectivity index (χ4v) is 1.21. The first-order valence-electron chi connectivity index (χ1n) is 4.49. The Kier molecular flexibility index (Phi) is 2.23. The third-order valence-corrected chi connectivity index (χ3v) is 2.13. The summed E-state index contributed by atoms with van der Waals surface area (Å²) in [6, 6.07) is 2.02. The van der Waals surface area contributed by atoms with Crippen LogP contribution < -0.4 is 0 Å². The van der Waals surface area contributed by atoms with Crippen LogP contribution in [0.15, 0.2) is 23.0 Å². The maximum Gasteiger partial charge on any atom is 0.127 e. The fourth-order valence-electron chi connectivity index (χ4n) is 1.21. The molecule has 2 rings (SSSR count). The van der Waals surface area contributed by atoms with Crippen molar-refractivity contribution in [1.82, 2.24) is 9.97 Å². The highest BCUT2D eigenvalue weighted by atomic mass is 16.3. The van der Waals surface area contributed by atoms with Gasteiger partial charge in [-0.05, 0) is 37.6 Å². The summed E-state index contributed by atoms with van der Waals surface area (Å²) in [7, 11) is 0. The minimum Gasteiger partial charge on any atom is -0.462 e. The van der Waals surface area contributed by atoms with Crippen LogP contribution in [0.3, 0.4) is 0 Å². The summed E-state index contributed by atoms with van der Waals surface area (Å²) in [5.41, 5.74) is 2.14. The van der Waals surface area contributed by atoms with Crippen LogP contribution >= 0.6 is 0 Å².